The number of carbonyl (C=O) groups excluding carboxylic acids is 2. The average Bonchev–Trinajstić information content (AvgIpc) is 3.08. The van der Waals surface area contributed by atoms with Crippen LogP contribution in [0.5, 0.6) is 0 Å². The second-order valence-corrected chi connectivity index (χ2v) is 7.89. The predicted octanol–water partition coefficient (Wildman–Crippen LogP) is 4.00. The van der Waals surface area contributed by atoms with Crippen molar-refractivity contribution in [3.05, 3.63) is 50.9 Å². The normalized spacial score (nSPS) is 14.5. The molecule has 1 N–H and O–H groups in total. The fourth-order valence-corrected chi connectivity index (χ4v) is 4.40. The van der Waals surface area contributed by atoms with Crippen molar-refractivity contribution in [2.24, 2.45) is 5.92 Å². The van der Waals surface area contributed by atoms with Crippen LogP contribution >= 0.6 is 11.3 Å². The molecule has 0 atom stereocenters. The maximum Gasteiger partial charge on any atom is 0.348 e. The third kappa shape index (κ3) is 4.73. The Balaban J connectivity index is 1.61. The van der Waals surface area contributed by atoms with Gasteiger partial charge in [-0.3, -0.25) is 14.9 Å². The summed E-state index contributed by atoms with van der Waals surface area (Å²) >= 11 is 1.21. The molecule has 0 unspecified atom stereocenters. The predicted molar refractivity (Wildman–Crippen MR) is 112 cm³/mol. The number of nitro groups is 1. The zero-order chi connectivity index (χ0) is 21.0. The number of nitrogens with one attached hydrogen (secondary N) is 1. The lowest BCUT2D eigenvalue weighted by Gasteiger charge is -2.32. The Hall–Kier alpha value is -2.94. The van der Waals surface area contributed by atoms with Gasteiger partial charge in [0.2, 0.25) is 5.91 Å². The minimum atomic E-state index is -0.381. The smallest absolute Gasteiger partial charge is 0.348 e. The van der Waals surface area contributed by atoms with Crippen molar-refractivity contribution in [2.45, 2.75) is 26.7 Å². The number of ether oxygens (including phenoxy) is 1. The van der Waals surface area contributed by atoms with E-state index in [4.69, 9.17) is 4.74 Å². The van der Waals surface area contributed by atoms with Gasteiger partial charge in [-0.25, -0.2) is 4.79 Å². The molecule has 29 heavy (non-hydrogen) atoms. The summed E-state index contributed by atoms with van der Waals surface area (Å²) < 4.78 is 5.03. The van der Waals surface area contributed by atoms with Crippen molar-refractivity contribution >= 4 is 39.6 Å². The van der Waals surface area contributed by atoms with Crippen LogP contribution in [0.4, 0.5) is 16.4 Å². The van der Waals surface area contributed by atoms with Crippen LogP contribution in [-0.4, -0.2) is 36.5 Å². The van der Waals surface area contributed by atoms with Crippen LogP contribution in [0, 0.1) is 23.0 Å². The molecule has 1 aromatic heterocycles. The lowest BCUT2D eigenvalue weighted by Crippen LogP contribution is -2.38. The van der Waals surface area contributed by atoms with Gasteiger partial charge in [-0.1, -0.05) is 12.1 Å². The molecule has 8 nitrogen and oxygen atoms in total. The summed E-state index contributed by atoms with van der Waals surface area (Å²) in [4.78, 5) is 37.9. The molecule has 2 aromatic rings. The highest BCUT2D eigenvalue weighted by molar-refractivity contribution is 7.18. The van der Waals surface area contributed by atoms with Crippen molar-refractivity contribution in [1.82, 2.24) is 0 Å². The summed E-state index contributed by atoms with van der Waals surface area (Å²) in [5, 5.41) is 14.8. The van der Waals surface area contributed by atoms with Gasteiger partial charge < -0.3 is 15.0 Å². The van der Waals surface area contributed by atoms with Crippen LogP contribution in [0.3, 0.4) is 0 Å². The number of thiophene rings is 1. The lowest BCUT2D eigenvalue weighted by molar-refractivity contribution is -0.384. The van der Waals surface area contributed by atoms with E-state index in [0.717, 1.165) is 5.56 Å². The molecule has 1 aliphatic heterocycles. The molecule has 0 radical (unpaired) electrons. The molecule has 0 spiro atoms. The molecule has 9 heteroatoms. The van der Waals surface area contributed by atoms with Gasteiger partial charge in [0.1, 0.15) is 10.6 Å². The van der Waals surface area contributed by atoms with E-state index in [1.807, 2.05) is 11.8 Å². The first-order chi connectivity index (χ1) is 13.9. The van der Waals surface area contributed by atoms with Gasteiger partial charge in [-0.2, -0.15) is 0 Å². The Morgan fingerprint density at radius 1 is 1.31 bits per heavy atom. The van der Waals surface area contributed by atoms with Crippen LogP contribution in [-0.2, 0) is 9.53 Å². The number of anilines is 2. The van der Waals surface area contributed by atoms with E-state index in [9.17, 15) is 19.7 Å². The summed E-state index contributed by atoms with van der Waals surface area (Å²) in [6.45, 7) is 5.00. The van der Waals surface area contributed by atoms with Gasteiger partial charge in [0.15, 0.2) is 0 Å². The molecule has 1 saturated heterocycles. The standard InChI is InChI=1S/C20H23N3O5S/c1-3-28-20(25)18-13(2)12-17(29-18)21-19(24)14-8-10-22(11-9-14)15-6-4-5-7-16(15)23(26)27/h4-7,12,14H,3,8-11H2,1-2H3,(H,21,24). The lowest BCUT2D eigenvalue weighted by atomic mass is 9.95. The maximum atomic E-state index is 12.7. The fourth-order valence-electron chi connectivity index (χ4n) is 3.44. The van der Waals surface area contributed by atoms with E-state index in [-0.39, 0.29) is 28.4 Å². The van der Waals surface area contributed by atoms with E-state index >= 15 is 0 Å². The van der Waals surface area contributed by atoms with E-state index in [2.05, 4.69) is 5.32 Å². The summed E-state index contributed by atoms with van der Waals surface area (Å²) in [5.74, 6) is -0.653. The topological polar surface area (TPSA) is 102 Å². The number of nitro benzene ring substituents is 1. The zero-order valence-electron chi connectivity index (χ0n) is 16.3. The van der Waals surface area contributed by atoms with Gasteiger partial charge in [-0.05, 0) is 44.4 Å². The number of carbonyl (C=O) groups is 2. The van der Waals surface area contributed by atoms with Crippen LogP contribution in [0.2, 0.25) is 0 Å². The minimum Gasteiger partial charge on any atom is -0.462 e. The second kappa shape index (κ2) is 9.04. The van der Waals surface area contributed by atoms with Crippen molar-refractivity contribution in [2.75, 3.05) is 29.9 Å². The molecule has 154 valence electrons. The van der Waals surface area contributed by atoms with Gasteiger partial charge >= 0.3 is 5.97 Å². The number of amides is 1. The number of benzene rings is 1. The number of hydrogen-bond donors (Lipinski definition) is 1. The van der Waals surface area contributed by atoms with Crippen LogP contribution in [0.25, 0.3) is 0 Å². The Morgan fingerprint density at radius 2 is 2.00 bits per heavy atom. The first kappa shape index (κ1) is 20.8. The van der Waals surface area contributed by atoms with Gasteiger partial charge in [-0.15, -0.1) is 11.3 Å². The SMILES string of the molecule is CCOC(=O)c1sc(NC(=O)C2CCN(c3ccccc3[N+](=O)[O-])CC2)cc1C. The van der Waals surface area contributed by atoms with Crippen LogP contribution in [0.15, 0.2) is 30.3 Å². The highest BCUT2D eigenvalue weighted by atomic mass is 32.1. The van der Waals surface area contributed by atoms with E-state index in [1.165, 1.54) is 17.4 Å². The Labute approximate surface area is 172 Å². The average molecular weight is 417 g/mol. The number of hydrogen-bond acceptors (Lipinski definition) is 7. The molecule has 1 amide bonds. The van der Waals surface area contributed by atoms with Gasteiger partial charge in [0.25, 0.3) is 5.69 Å². The largest absolute Gasteiger partial charge is 0.462 e. The van der Waals surface area contributed by atoms with E-state index < -0.39 is 0 Å². The molecule has 1 aliphatic rings. The summed E-state index contributed by atoms with van der Waals surface area (Å²) in [7, 11) is 0. The van der Waals surface area contributed by atoms with Crippen LogP contribution < -0.4 is 10.2 Å². The first-order valence-corrected chi connectivity index (χ1v) is 10.3. The van der Waals surface area contributed by atoms with E-state index in [0.29, 0.717) is 48.1 Å². The zero-order valence-corrected chi connectivity index (χ0v) is 17.2. The molecular weight excluding hydrogens is 394 g/mol. The van der Waals surface area contributed by atoms with Gasteiger partial charge in [0, 0.05) is 25.1 Å². The monoisotopic (exact) mass is 417 g/mol. The molecule has 0 aliphatic carbocycles. The maximum absolute atomic E-state index is 12.7. The van der Waals surface area contributed by atoms with Crippen molar-refractivity contribution in [3.63, 3.8) is 0 Å². The second-order valence-electron chi connectivity index (χ2n) is 6.84. The Bertz CT molecular complexity index is 919. The molecule has 1 aromatic carbocycles. The number of nitrogens with zero attached hydrogens (tertiary/aromatic N) is 2. The molecule has 2 heterocycles. The minimum absolute atomic E-state index is 0.0796. The molecule has 3 rings (SSSR count). The van der Waals surface area contributed by atoms with E-state index in [1.54, 1.807) is 31.2 Å². The molecule has 1 fully saturated rings. The summed E-state index contributed by atoms with van der Waals surface area (Å²) in [6, 6.07) is 8.44. The molecular formula is C20H23N3O5S. The van der Waals surface area contributed by atoms with Crippen molar-refractivity contribution in [1.29, 1.82) is 0 Å². The van der Waals surface area contributed by atoms with Crippen LogP contribution in [0.1, 0.15) is 35.0 Å². The third-order valence-corrected chi connectivity index (χ3v) is 6.04. The number of para-hydroxylation sites is 2. The number of esters is 1. The fraction of sp³-hybridized carbons (Fsp3) is 0.400. The highest BCUT2D eigenvalue weighted by Gasteiger charge is 2.28. The number of piperidine rings is 1. The third-order valence-electron chi connectivity index (χ3n) is 4.91. The molecule has 0 saturated carbocycles. The Kier molecular flexibility index (Phi) is 6.48. The van der Waals surface area contributed by atoms with Crippen molar-refractivity contribution < 1.29 is 19.2 Å². The quantitative estimate of drug-likeness (QED) is 0.433. The van der Waals surface area contributed by atoms with Crippen molar-refractivity contribution in [3.8, 4) is 0 Å². The highest BCUT2D eigenvalue weighted by Crippen LogP contribution is 2.32. The summed E-state index contributed by atoms with van der Waals surface area (Å²) in [5.41, 5.74) is 1.44. The first-order valence-electron chi connectivity index (χ1n) is 9.47. The Morgan fingerprint density at radius 3 is 2.66 bits per heavy atom. The number of rotatable bonds is 6. The number of aryl methyl sites for hydroxylation is 1. The van der Waals surface area contributed by atoms with Gasteiger partial charge in [0.05, 0.1) is 16.5 Å². The summed E-state index contributed by atoms with van der Waals surface area (Å²) in [6.07, 6.45) is 1.21. The molecule has 0 bridgehead atoms.